The van der Waals surface area contributed by atoms with Crippen LogP contribution in [0.25, 0.3) is 11.2 Å². The number of H-pyrrole nitrogens is 1. The van der Waals surface area contributed by atoms with Crippen LogP contribution in [-0.4, -0.2) is 121 Å². The number of rotatable bonds is 42. The van der Waals surface area contributed by atoms with E-state index in [2.05, 4.69) is 65.6 Å². The van der Waals surface area contributed by atoms with Crippen molar-refractivity contribution in [3.63, 3.8) is 0 Å². The van der Waals surface area contributed by atoms with E-state index >= 15 is 0 Å². The third-order valence-corrected chi connectivity index (χ3v) is 11.3. The first kappa shape index (κ1) is 58.8. The van der Waals surface area contributed by atoms with Crippen molar-refractivity contribution in [2.24, 2.45) is 0 Å². The number of aliphatic hydroxyl groups is 1. The molecule has 19 heteroatoms. The van der Waals surface area contributed by atoms with Gasteiger partial charge in [-0.1, -0.05) is 76.9 Å². The standard InChI is InChI=1S/C51H82N10O9/c1-2-3-4-5-6-7-8-9-10-11-12-13-14-15-16-17-28-53-45(64)26-27-46(65)55-30-19-32-69-34-36-70-35-33-68-31-18-29-54-44(63)25-24-42(39-62)59-49(66)40-20-22-41(23-21-40)56-37-43-38-57-48-47(58-43)50(67)61-51(52)60-48/h9-10,20-23,38,42,56,62H,2-8,11-19,24-37,39H2,1H3,(H,53,64)(H,54,63)(H,55,65)(H,59,66)(H3,52,57,60,61,67). The number of nitrogen functional groups attached to an aromatic ring is 1. The maximum atomic E-state index is 12.8. The zero-order valence-electron chi connectivity index (χ0n) is 41.7. The molecule has 0 fully saturated rings. The molecule has 0 aliphatic heterocycles. The summed E-state index contributed by atoms with van der Waals surface area (Å²) in [6.45, 7) is 6.38. The highest BCUT2D eigenvalue weighted by Crippen LogP contribution is 2.13. The van der Waals surface area contributed by atoms with Crippen LogP contribution < -0.4 is 37.9 Å². The summed E-state index contributed by atoms with van der Waals surface area (Å²) in [5, 5.41) is 24.3. The Morgan fingerprint density at radius 1 is 0.686 bits per heavy atom. The normalized spacial score (nSPS) is 11.7. The van der Waals surface area contributed by atoms with Gasteiger partial charge < -0.3 is 51.6 Å². The Morgan fingerprint density at radius 2 is 1.21 bits per heavy atom. The highest BCUT2D eigenvalue weighted by atomic mass is 16.5. The molecule has 0 bridgehead atoms. The van der Waals surface area contributed by atoms with Gasteiger partial charge in [-0.3, -0.25) is 29.0 Å². The minimum Gasteiger partial charge on any atom is -0.394 e. The highest BCUT2D eigenvalue weighted by molar-refractivity contribution is 5.94. The van der Waals surface area contributed by atoms with E-state index in [4.69, 9.17) is 19.9 Å². The molecular formula is C51H82N10O9. The van der Waals surface area contributed by atoms with Crippen LogP contribution in [0, 0.1) is 0 Å². The molecule has 0 saturated carbocycles. The molecule has 1 unspecified atom stereocenters. The molecule has 390 valence electrons. The lowest BCUT2D eigenvalue weighted by atomic mass is 10.1. The number of aromatic nitrogens is 4. The van der Waals surface area contributed by atoms with Crippen molar-refractivity contribution in [3.8, 4) is 0 Å². The summed E-state index contributed by atoms with van der Waals surface area (Å²) >= 11 is 0. The lowest BCUT2D eigenvalue weighted by Crippen LogP contribution is -2.38. The summed E-state index contributed by atoms with van der Waals surface area (Å²) in [7, 11) is 0. The van der Waals surface area contributed by atoms with Gasteiger partial charge in [0.1, 0.15) is 0 Å². The number of aliphatic hydroxyl groups excluding tert-OH is 1. The first-order chi connectivity index (χ1) is 34.2. The largest absolute Gasteiger partial charge is 0.394 e. The average Bonchev–Trinajstić information content (AvgIpc) is 3.36. The zero-order valence-corrected chi connectivity index (χ0v) is 41.7. The molecule has 9 N–H and O–H groups in total. The molecule has 70 heavy (non-hydrogen) atoms. The zero-order chi connectivity index (χ0) is 50.3. The quantitative estimate of drug-likeness (QED) is 0.0247. The third kappa shape index (κ3) is 28.2. The fraction of sp³-hybridized carbons (Fsp3) is 0.647. The second kappa shape index (κ2) is 38.3. The van der Waals surface area contributed by atoms with Gasteiger partial charge in [0.2, 0.25) is 23.7 Å². The number of anilines is 2. The van der Waals surface area contributed by atoms with Crippen molar-refractivity contribution in [2.45, 2.75) is 148 Å². The fourth-order valence-corrected chi connectivity index (χ4v) is 7.21. The number of carbonyl (C=O) groups is 4. The van der Waals surface area contributed by atoms with Crippen LogP contribution in [0.2, 0.25) is 0 Å². The predicted octanol–water partition coefficient (Wildman–Crippen LogP) is 5.77. The van der Waals surface area contributed by atoms with Gasteiger partial charge in [0, 0.05) is 63.4 Å². The molecular weight excluding hydrogens is 897 g/mol. The molecule has 3 rings (SSSR count). The van der Waals surface area contributed by atoms with Crippen LogP contribution in [-0.2, 0) is 35.1 Å². The van der Waals surface area contributed by atoms with E-state index in [0.717, 1.165) is 12.8 Å². The van der Waals surface area contributed by atoms with Gasteiger partial charge in [-0.2, -0.15) is 4.98 Å². The molecule has 0 radical (unpaired) electrons. The summed E-state index contributed by atoms with van der Waals surface area (Å²) < 4.78 is 16.7. The van der Waals surface area contributed by atoms with Gasteiger partial charge in [0.05, 0.1) is 57.5 Å². The molecule has 1 atom stereocenters. The number of nitrogens with two attached hydrogens (primary N) is 1. The van der Waals surface area contributed by atoms with Gasteiger partial charge in [0.25, 0.3) is 11.5 Å². The Kier molecular flexibility index (Phi) is 32.2. The molecule has 3 aromatic rings. The molecule has 19 nitrogen and oxygen atoms in total. The number of fused-ring (bicyclic) bond motifs is 1. The van der Waals surface area contributed by atoms with Crippen molar-refractivity contribution < 1.29 is 38.5 Å². The number of amides is 4. The topological polar surface area (TPSA) is 274 Å². The van der Waals surface area contributed by atoms with Crippen molar-refractivity contribution >= 4 is 46.4 Å². The van der Waals surface area contributed by atoms with E-state index < -0.39 is 11.6 Å². The van der Waals surface area contributed by atoms with E-state index in [1.54, 1.807) is 24.3 Å². The minimum absolute atomic E-state index is 0.0377. The van der Waals surface area contributed by atoms with Crippen LogP contribution in [0.1, 0.15) is 151 Å². The van der Waals surface area contributed by atoms with E-state index in [1.807, 2.05) is 0 Å². The monoisotopic (exact) mass is 979 g/mol. The Balaban J connectivity index is 1.05. The lowest BCUT2D eigenvalue weighted by Gasteiger charge is -2.16. The van der Waals surface area contributed by atoms with Crippen LogP contribution in [0.15, 0.2) is 47.4 Å². The number of nitrogens with zero attached hydrogens (tertiary/aromatic N) is 3. The predicted molar refractivity (Wildman–Crippen MR) is 273 cm³/mol. The first-order valence-electron chi connectivity index (χ1n) is 25.6. The van der Waals surface area contributed by atoms with Crippen molar-refractivity contribution in [2.75, 3.05) is 76.9 Å². The first-order valence-corrected chi connectivity index (χ1v) is 25.6. The van der Waals surface area contributed by atoms with Crippen molar-refractivity contribution in [1.82, 2.24) is 41.2 Å². The Bertz CT molecular complexity index is 2000. The van der Waals surface area contributed by atoms with Crippen LogP contribution in [0.5, 0.6) is 0 Å². The number of allylic oxidation sites excluding steroid dienone is 2. The number of hydrogen-bond acceptors (Lipinski definition) is 14. The van der Waals surface area contributed by atoms with Gasteiger partial charge in [-0.05, 0) is 75.6 Å². The maximum Gasteiger partial charge on any atom is 0.280 e. The second-order valence-corrected chi connectivity index (χ2v) is 17.3. The molecule has 0 saturated heterocycles. The van der Waals surface area contributed by atoms with Gasteiger partial charge in [-0.25, -0.2) is 9.97 Å². The minimum atomic E-state index is -0.601. The molecule has 1 aromatic carbocycles. The van der Waals surface area contributed by atoms with Gasteiger partial charge in [0.15, 0.2) is 11.2 Å². The van der Waals surface area contributed by atoms with E-state index in [9.17, 15) is 29.1 Å². The van der Waals surface area contributed by atoms with E-state index in [-0.39, 0.29) is 79.6 Å². The van der Waals surface area contributed by atoms with Crippen LogP contribution >= 0.6 is 0 Å². The molecule has 0 aliphatic carbocycles. The fourth-order valence-electron chi connectivity index (χ4n) is 7.21. The lowest BCUT2D eigenvalue weighted by molar-refractivity contribution is -0.126. The molecule has 2 aromatic heterocycles. The van der Waals surface area contributed by atoms with E-state index in [0.29, 0.717) is 89.1 Å². The number of unbranched alkanes of at least 4 members (excludes halogenated alkanes) is 12. The Labute approximate surface area is 414 Å². The smallest absolute Gasteiger partial charge is 0.280 e. The van der Waals surface area contributed by atoms with Gasteiger partial charge in [-0.15, -0.1) is 0 Å². The number of aromatic amines is 1. The number of ether oxygens (including phenoxy) is 3. The third-order valence-electron chi connectivity index (χ3n) is 11.3. The highest BCUT2D eigenvalue weighted by Gasteiger charge is 2.15. The Morgan fingerprint density at radius 3 is 1.80 bits per heavy atom. The van der Waals surface area contributed by atoms with E-state index in [1.165, 1.54) is 83.2 Å². The summed E-state index contributed by atoms with van der Waals surface area (Å²) in [4.78, 5) is 76.3. The summed E-state index contributed by atoms with van der Waals surface area (Å²) in [6, 6.07) is 6.09. The maximum absolute atomic E-state index is 12.8. The SMILES string of the molecule is CCCCCCCCC=CCCCCCCCCNC(=O)CCC(=O)NCCCOCCOCCOCCCNC(=O)CCC(CO)NC(=O)c1ccc(NCc2cnc3nc(N)[nH]c(=O)c3n2)cc1. The number of carbonyl (C=O) groups excluding carboxylic acids is 4. The summed E-state index contributed by atoms with van der Waals surface area (Å²) in [6.07, 6.45) is 25.8. The van der Waals surface area contributed by atoms with Crippen LogP contribution in [0.4, 0.5) is 11.6 Å². The second-order valence-electron chi connectivity index (χ2n) is 17.3. The molecule has 2 heterocycles. The summed E-state index contributed by atoms with van der Waals surface area (Å²) in [5.74, 6) is -0.827. The average molecular weight is 979 g/mol. The summed E-state index contributed by atoms with van der Waals surface area (Å²) in [5.41, 5.74) is 6.90. The number of hydrogen-bond donors (Lipinski definition) is 8. The van der Waals surface area contributed by atoms with Crippen molar-refractivity contribution in [1.29, 1.82) is 0 Å². The number of nitrogens with one attached hydrogen (secondary N) is 6. The van der Waals surface area contributed by atoms with Gasteiger partial charge >= 0.3 is 0 Å². The number of benzene rings is 1. The molecule has 4 amide bonds. The molecule has 0 aliphatic rings. The van der Waals surface area contributed by atoms with Crippen molar-refractivity contribution in [3.05, 3.63) is 64.2 Å². The van der Waals surface area contributed by atoms with Crippen LogP contribution in [0.3, 0.4) is 0 Å². The molecule has 0 spiro atoms. The Hall–Kier alpha value is -5.50.